The topological polar surface area (TPSA) is 31.2 Å². The molecular formula is C19H36N4Si2. The lowest BCUT2D eigenvalue weighted by atomic mass is 10.0. The minimum Gasteiger partial charge on any atom is -0.328 e. The molecule has 0 saturated heterocycles. The SMILES string of the molecule is CC(CCC(=NN(C)[Si](C)(C)C)c1ccccc1)=NN(C)[Si](C)(C)C. The molecular weight excluding hydrogens is 340 g/mol. The molecule has 6 heteroatoms. The molecule has 0 bridgehead atoms. The van der Waals surface area contributed by atoms with Crippen LogP contribution in [0, 0.1) is 0 Å². The highest BCUT2D eigenvalue weighted by Gasteiger charge is 2.21. The molecule has 0 radical (unpaired) electrons. The summed E-state index contributed by atoms with van der Waals surface area (Å²) in [5.41, 5.74) is 3.53. The zero-order valence-corrected chi connectivity index (χ0v) is 19.6. The van der Waals surface area contributed by atoms with E-state index in [2.05, 4.69) is 100.0 Å². The van der Waals surface area contributed by atoms with E-state index in [4.69, 9.17) is 10.2 Å². The molecule has 0 saturated carbocycles. The van der Waals surface area contributed by atoms with Gasteiger partial charge in [0.1, 0.15) is 0 Å². The summed E-state index contributed by atoms with van der Waals surface area (Å²) in [5.74, 6) is 0. The highest BCUT2D eigenvalue weighted by molar-refractivity contribution is 6.73. The van der Waals surface area contributed by atoms with Crippen LogP contribution in [0.1, 0.15) is 25.3 Å². The highest BCUT2D eigenvalue weighted by Crippen LogP contribution is 2.14. The van der Waals surface area contributed by atoms with E-state index in [0.717, 1.165) is 18.6 Å². The molecule has 0 fully saturated rings. The molecule has 0 aliphatic heterocycles. The van der Waals surface area contributed by atoms with E-state index in [0.29, 0.717) is 0 Å². The molecule has 1 rings (SSSR count). The van der Waals surface area contributed by atoms with E-state index < -0.39 is 16.5 Å². The molecule has 0 unspecified atom stereocenters. The van der Waals surface area contributed by atoms with Crippen molar-refractivity contribution in [3.8, 4) is 0 Å². The predicted molar refractivity (Wildman–Crippen MR) is 118 cm³/mol. The molecule has 0 aromatic heterocycles. The quantitative estimate of drug-likeness (QED) is 0.360. The molecule has 0 N–H and O–H groups in total. The average Bonchev–Trinajstić information content (AvgIpc) is 2.50. The van der Waals surface area contributed by atoms with Crippen LogP contribution in [0.25, 0.3) is 0 Å². The maximum Gasteiger partial charge on any atom is 0.168 e. The van der Waals surface area contributed by atoms with Crippen LogP contribution in [0.4, 0.5) is 0 Å². The largest absolute Gasteiger partial charge is 0.328 e. The molecule has 0 aliphatic carbocycles. The maximum absolute atomic E-state index is 4.97. The van der Waals surface area contributed by atoms with Crippen molar-refractivity contribution < 1.29 is 0 Å². The van der Waals surface area contributed by atoms with Crippen molar-refractivity contribution in [2.75, 3.05) is 14.1 Å². The van der Waals surface area contributed by atoms with Gasteiger partial charge in [0, 0.05) is 19.8 Å². The summed E-state index contributed by atoms with van der Waals surface area (Å²) in [6.07, 6.45) is 1.84. The molecule has 0 aliphatic rings. The molecule has 4 nitrogen and oxygen atoms in total. The van der Waals surface area contributed by atoms with Gasteiger partial charge in [-0.2, -0.15) is 10.2 Å². The maximum atomic E-state index is 4.97. The number of nitrogens with zero attached hydrogens (tertiary/aromatic N) is 4. The first-order chi connectivity index (χ1) is 11.4. The lowest BCUT2D eigenvalue weighted by Gasteiger charge is -2.29. The Labute approximate surface area is 156 Å². The van der Waals surface area contributed by atoms with Crippen molar-refractivity contribution in [3.05, 3.63) is 35.9 Å². The first-order valence-electron chi connectivity index (χ1n) is 9.06. The van der Waals surface area contributed by atoms with Crippen molar-refractivity contribution in [3.63, 3.8) is 0 Å². The van der Waals surface area contributed by atoms with Crippen molar-refractivity contribution in [2.24, 2.45) is 10.2 Å². The Morgan fingerprint density at radius 2 is 1.28 bits per heavy atom. The Balaban J connectivity index is 2.96. The Bertz CT molecular complexity index is 598. The van der Waals surface area contributed by atoms with E-state index in [-0.39, 0.29) is 0 Å². The zero-order valence-electron chi connectivity index (χ0n) is 17.6. The van der Waals surface area contributed by atoms with E-state index in [1.807, 2.05) is 0 Å². The predicted octanol–water partition coefficient (Wildman–Crippen LogP) is 5.08. The van der Waals surface area contributed by atoms with Crippen LogP contribution in [0.2, 0.25) is 39.3 Å². The number of hydrogen-bond donors (Lipinski definition) is 0. The Kier molecular flexibility index (Phi) is 7.62. The lowest BCUT2D eigenvalue weighted by molar-refractivity contribution is 0.543. The molecule has 1 aromatic carbocycles. The minimum atomic E-state index is -1.45. The summed E-state index contributed by atoms with van der Waals surface area (Å²) in [4.78, 5) is 0. The first kappa shape index (κ1) is 21.6. The van der Waals surface area contributed by atoms with Crippen LogP contribution >= 0.6 is 0 Å². The highest BCUT2D eigenvalue weighted by atomic mass is 28.3. The summed E-state index contributed by atoms with van der Waals surface area (Å²) < 4.78 is 4.37. The van der Waals surface area contributed by atoms with Gasteiger partial charge in [0.05, 0.1) is 5.71 Å². The second kappa shape index (κ2) is 8.80. The lowest BCUT2D eigenvalue weighted by Crippen LogP contribution is -2.40. The Morgan fingerprint density at radius 1 is 0.800 bits per heavy atom. The Morgan fingerprint density at radius 3 is 1.76 bits per heavy atom. The molecule has 140 valence electrons. The Hall–Kier alpha value is -1.41. The third kappa shape index (κ3) is 7.56. The number of benzene rings is 1. The molecule has 0 atom stereocenters. The molecule has 0 spiro atoms. The smallest absolute Gasteiger partial charge is 0.168 e. The second-order valence-electron chi connectivity index (χ2n) is 8.64. The van der Waals surface area contributed by atoms with Crippen molar-refractivity contribution in [2.45, 2.75) is 59.0 Å². The van der Waals surface area contributed by atoms with Crippen LogP contribution in [0.5, 0.6) is 0 Å². The fourth-order valence-electron chi connectivity index (χ4n) is 1.97. The third-order valence-corrected chi connectivity index (χ3v) is 8.45. The van der Waals surface area contributed by atoms with Gasteiger partial charge in [-0.3, -0.25) is 0 Å². The van der Waals surface area contributed by atoms with Gasteiger partial charge >= 0.3 is 0 Å². The first-order valence-corrected chi connectivity index (χ1v) is 16.0. The van der Waals surface area contributed by atoms with Gasteiger partial charge in [-0.25, -0.2) is 0 Å². The van der Waals surface area contributed by atoms with Crippen molar-refractivity contribution in [1.82, 2.24) is 9.35 Å². The summed E-state index contributed by atoms with van der Waals surface area (Å²) in [5, 5.41) is 9.76. The van der Waals surface area contributed by atoms with Crippen molar-refractivity contribution >= 4 is 27.9 Å². The minimum absolute atomic E-state index is 0.910. The fraction of sp³-hybridized carbons (Fsp3) is 0.579. The van der Waals surface area contributed by atoms with Crippen LogP contribution < -0.4 is 0 Å². The summed E-state index contributed by atoms with van der Waals surface area (Å²) in [6.45, 7) is 16.0. The van der Waals surface area contributed by atoms with Crippen LogP contribution in [0.3, 0.4) is 0 Å². The number of rotatable bonds is 8. The fourth-order valence-corrected chi connectivity index (χ4v) is 2.86. The van der Waals surface area contributed by atoms with E-state index >= 15 is 0 Å². The number of hydrazone groups is 2. The van der Waals surface area contributed by atoms with Gasteiger partial charge in [0.25, 0.3) is 0 Å². The van der Waals surface area contributed by atoms with Crippen molar-refractivity contribution in [1.29, 1.82) is 0 Å². The standard InChI is InChI=1S/C19H36N4Si2/c1-17(20-22(2)24(4,5)6)15-16-19(18-13-11-10-12-14-18)21-23(3)25(7,8)9/h10-14H,15-16H2,1-9H3. The van der Waals surface area contributed by atoms with Gasteiger partial charge < -0.3 is 9.35 Å². The summed E-state index contributed by atoms with van der Waals surface area (Å²) in [7, 11) is 1.37. The van der Waals surface area contributed by atoms with E-state index in [1.165, 1.54) is 11.3 Å². The van der Waals surface area contributed by atoms with Gasteiger partial charge in [-0.15, -0.1) is 0 Å². The normalized spacial score (nSPS) is 13.8. The van der Waals surface area contributed by atoms with Gasteiger partial charge in [-0.05, 0) is 25.3 Å². The van der Waals surface area contributed by atoms with Gasteiger partial charge in [0.15, 0.2) is 16.5 Å². The summed E-state index contributed by atoms with van der Waals surface area (Å²) >= 11 is 0. The average molecular weight is 377 g/mol. The third-order valence-electron chi connectivity index (χ3n) is 4.36. The molecule has 25 heavy (non-hydrogen) atoms. The van der Waals surface area contributed by atoms with E-state index in [1.54, 1.807) is 0 Å². The second-order valence-corrected chi connectivity index (χ2v) is 18.6. The van der Waals surface area contributed by atoms with E-state index in [9.17, 15) is 0 Å². The summed E-state index contributed by atoms with van der Waals surface area (Å²) in [6, 6.07) is 10.5. The molecule has 0 amide bonds. The van der Waals surface area contributed by atoms with Crippen LogP contribution in [-0.2, 0) is 0 Å². The monoisotopic (exact) mass is 376 g/mol. The van der Waals surface area contributed by atoms with Gasteiger partial charge in [-0.1, -0.05) is 69.6 Å². The number of hydrogen-bond acceptors (Lipinski definition) is 4. The zero-order chi connectivity index (χ0) is 19.3. The molecule has 1 aromatic rings. The molecule has 0 heterocycles. The van der Waals surface area contributed by atoms with Crippen LogP contribution in [-0.4, -0.2) is 51.3 Å². The van der Waals surface area contributed by atoms with Gasteiger partial charge in [0.2, 0.25) is 0 Å². The van der Waals surface area contributed by atoms with Crippen LogP contribution in [0.15, 0.2) is 40.5 Å².